The van der Waals surface area contributed by atoms with Gasteiger partial charge in [0.05, 0.1) is 23.7 Å². The highest BCUT2D eigenvalue weighted by atomic mass is 16.7. The SMILES string of the molecule is C[C@@H]1O[C@@H](Oc2cc(/C=N\O)nc(-c3ccccn3)c2O)[C@H](O)[C@H](O)[C@H]1O. The Morgan fingerprint density at radius 3 is 2.63 bits per heavy atom. The largest absolute Gasteiger partial charge is 0.503 e. The van der Waals surface area contributed by atoms with Crippen LogP contribution in [0.2, 0.25) is 0 Å². The van der Waals surface area contributed by atoms with Gasteiger partial charge in [0.1, 0.15) is 24.0 Å². The van der Waals surface area contributed by atoms with E-state index in [2.05, 4.69) is 15.1 Å². The van der Waals surface area contributed by atoms with Crippen LogP contribution in [0.15, 0.2) is 35.6 Å². The van der Waals surface area contributed by atoms with Gasteiger partial charge < -0.3 is 35.1 Å². The maximum absolute atomic E-state index is 10.6. The molecule has 3 rings (SSSR count). The van der Waals surface area contributed by atoms with E-state index in [-0.39, 0.29) is 22.9 Å². The van der Waals surface area contributed by atoms with Gasteiger partial charge in [0.2, 0.25) is 6.29 Å². The third-order valence-electron chi connectivity index (χ3n) is 4.13. The smallest absolute Gasteiger partial charge is 0.229 e. The minimum absolute atomic E-state index is 0.0573. The van der Waals surface area contributed by atoms with Crippen molar-refractivity contribution < 1.29 is 35.1 Å². The molecule has 0 unspecified atom stereocenters. The first-order chi connectivity index (χ1) is 12.9. The van der Waals surface area contributed by atoms with Gasteiger partial charge in [0.15, 0.2) is 11.5 Å². The first-order valence-electron chi connectivity index (χ1n) is 8.11. The number of ether oxygens (including phenoxy) is 2. The number of nitrogens with zero attached hydrogens (tertiary/aromatic N) is 3. The van der Waals surface area contributed by atoms with Crippen molar-refractivity contribution in [2.45, 2.75) is 37.6 Å². The van der Waals surface area contributed by atoms with E-state index < -0.39 is 30.7 Å². The third-order valence-corrected chi connectivity index (χ3v) is 4.13. The van der Waals surface area contributed by atoms with Crippen molar-refractivity contribution in [2.75, 3.05) is 0 Å². The number of aromatic nitrogens is 2. The lowest BCUT2D eigenvalue weighted by atomic mass is 10.00. The van der Waals surface area contributed by atoms with Gasteiger partial charge in [-0.05, 0) is 19.1 Å². The molecule has 27 heavy (non-hydrogen) atoms. The Hall–Kier alpha value is -2.79. The summed E-state index contributed by atoms with van der Waals surface area (Å²) >= 11 is 0. The van der Waals surface area contributed by atoms with Gasteiger partial charge in [-0.15, -0.1) is 0 Å². The van der Waals surface area contributed by atoms with Crippen molar-refractivity contribution in [2.24, 2.45) is 5.16 Å². The van der Waals surface area contributed by atoms with Crippen molar-refractivity contribution in [1.82, 2.24) is 9.97 Å². The highest BCUT2D eigenvalue weighted by Crippen LogP contribution is 2.37. The van der Waals surface area contributed by atoms with Crippen LogP contribution in [0.4, 0.5) is 0 Å². The second-order valence-corrected chi connectivity index (χ2v) is 6.00. The van der Waals surface area contributed by atoms with Crippen LogP contribution in [-0.4, -0.2) is 72.5 Å². The van der Waals surface area contributed by atoms with E-state index in [0.717, 1.165) is 6.21 Å². The lowest BCUT2D eigenvalue weighted by molar-refractivity contribution is -0.268. The molecule has 1 aliphatic heterocycles. The molecule has 144 valence electrons. The molecule has 10 heteroatoms. The molecular formula is C17H19N3O7. The predicted octanol–water partition coefficient (Wildman–Crippen LogP) is -0.136. The Balaban J connectivity index is 1.98. The van der Waals surface area contributed by atoms with Gasteiger partial charge in [-0.3, -0.25) is 4.98 Å². The summed E-state index contributed by atoms with van der Waals surface area (Å²) in [5.74, 6) is -0.520. The summed E-state index contributed by atoms with van der Waals surface area (Å²) in [5.41, 5.74) is 0.536. The summed E-state index contributed by atoms with van der Waals surface area (Å²) in [6.45, 7) is 1.51. The van der Waals surface area contributed by atoms with Gasteiger partial charge in [0, 0.05) is 12.3 Å². The minimum atomic E-state index is -1.56. The van der Waals surface area contributed by atoms with Gasteiger partial charge in [-0.25, -0.2) is 4.98 Å². The van der Waals surface area contributed by atoms with Crippen LogP contribution < -0.4 is 4.74 Å². The summed E-state index contributed by atoms with van der Waals surface area (Å²) in [6.07, 6.45) is -3.97. The molecule has 0 spiro atoms. The summed E-state index contributed by atoms with van der Waals surface area (Å²) in [4.78, 5) is 8.26. The summed E-state index contributed by atoms with van der Waals surface area (Å²) < 4.78 is 10.9. The number of aliphatic hydroxyl groups is 3. The molecule has 0 aromatic carbocycles. The molecule has 1 saturated heterocycles. The Labute approximate surface area is 154 Å². The fourth-order valence-electron chi connectivity index (χ4n) is 2.67. The number of aromatic hydroxyl groups is 1. The van der Waals surface area contributed by atoms with Crippen LogP contribution in [-0.2, 0) is 4.74 Å². The molecule has 0 aliphatic carbocycles. The molecule has 0 radical (unpaired) electrons. The van der Waals surface area contributed by atoms with E-state index >= 15 is 0 Å². The molecule has 5 atom stereocenters. The van der Waals surface area contributed by atoms with Crippen LogP contribution in [0.3, 0.4) is 0 Å². The average Bonchev–Trinajstić information content (AvgIpc) is 2.67. The molecule has 0 amide bonds. The van der Waals surface area contributed by atoms with Crippen LogP contribution in [0.1, 0.15) is 12.6 Å². The zero-order valence-electron chi connectivity index (χ0n) is 14.2. The molecule has 3 heterocycles. The minimum Gasteiger partial charge on any atom is -0.503 e. The number of aliphatic hydroxyl groups excluding tert-OH is 3. The Morgan fingerprint density at radius 2 is 1.96 bits per heavy atom. The van der Waals surface area contributed by atoms with Crippen molar-refractivity contribution in [3.8, 4) is 22.9 Å². The van der Waals surface area contributed by atoms with E-state index in [0.29, 0.717) is 5.69 Å². The lowest BCUT2D eigenvalue weighted by Crippen LogP contribution is -2.58. The van der Waals surface area contributed by atoms with Crippen LogP contribution in [0.25, 0.3) is 11.4 Å². The standard InChI is InChI=1S/C17H19N3O7/c1-8-13(21)15(23)16(24)17(26-8)27-11-6-9(7-19-25)20-12(14(11)22)10-4-2-3-5-18-10/h2-8,13,15-17,21-25H,1H3/b19-7-/t8-,13-,15+,16+,17-/m0/s1. The van der Waals surface area contributed by atoms with E-state index in [4.69, 9.17) is 14.7 Å². The number of oxime groups is 1. The highest BCUT2D eigenvalue weighted by Gasteiger charge is 2.43. The second-order valence-electron chi connectivity index (χ2n) is 6.00. The van der Waals surface area contributed by atoms with Crippen molar-refractivity contribution in [3.63, 3.8) is 0 Å². The van der Waals surface area contributed by atoms with E-state index in [1.165, 1.54) is 19.2 Å². The fraction of sp³-hybridized carbons (Fsp3) is 0.353. The van der Waals surface area contributed by atoms with Gasteiger partial charge in [0.25, 0.3) is 0 Å². The summed E-state index contributed by atoms with van der Waals surface area (Å²) in [7, 11) is 0. The van der Waals surface area contributed by atoms with Gasteiger partial charge in [-0.2, -0.15) is 0 Å². The van der Waals surface area contributed by atoms with Gasteiger partial charge in [-0.1, -0.05) is 11.2 Å². The second kappa shape index (κ2) is 7.84. The quantitative estimate of drug-likeness (QED) is 0.278. The van der Waals surface area contributed by atoms with E-state index in [1.54, 1.807) is 18.2 Å². The summed E-state index contributed by atoms with van der Waals surface area (Å²) in [5, 5.41) is 52.0. The highest BCUT2D eigenvalue weighted by molar-refractivity contribution is 5.80. The molecule has 10 nitrogen and oxygen atoms in total. The topological polar surface area (TPSA) is 158 Å². The van der Waals surface area contributed by atoms with E-state index in [9.17, 15) is 20.4 Å². The molecule has 1 aliphatic rings. The molecule has 1 fully saturated rings. The number of hydrogen-bond donors (Lipinski definition) is 5. The predicted molar refractivity (Wildman–Crippen MR) is 91.5 cm³/mol. The molecule has 5 N–H and O–H groups in total. The Kier molecular flexibility index (Phi) is 5.51. The number of hydrogen-bond acceptors (Lipinski definition) is 10. The molecule has 0 bridgehead atoms. The number of pyridine rings is 2. The maximum Gasteiger partial charge on any atom is 0.229 e. The van der Waals surface area contributed by atoms with E-state index in [1.807, 2.05) is 0 Å². The van der Waals surface area contributed by atoms with Crippen molar-refractivity contribution in [1.29, 1.82) is 0 Å². The molecule has 0 saturated carbocycles. The zero-order chi connectivity index (χ0) is 19.6. The first kappa shape index (κ1) is 19.0. The molecular weight excluding hydrogens is 358 g/mol. The Morgan fingerprint density at radius 1 is 1.19 bits per heavy atom. The van der Waals surface area contributed by atoms with Crippen molar-refractivity contribution in [3.05, 3.63) is 36.2 Å². The maximum atomic E-state index is 10.6. The Bertz CT molecular complexity index is 818. The lowest BCUT2D eigenvalue weighted by Gasteiger charge is -2.38. The summed E-state index contributed by atoms with van der Waals surface area (Å²) in [6, 6.07) is 6.26. The van der Waals surface area contributed by atoms with Crippen molar-refractivity contribution >= 4 is 6.21 Å². The van der Waals surface area contributed by atoms with Crippen LogP contribution in [0, 0.1) is 0 Å². The fourth-order valence-corrected chi connectivity index (χ4v) is 2.67. The first-order valence-corrected chi connectivity index (χ1v) is 8.11. The zero-order valence-corrected chi connectivity index (χ0v) is 14.2. The monoisotopic (exact) mass is 377 g/mol. The van der Waals surface area contributed by atoms with Crippen LogP contribution in [0.5, 0.6) is 11.5 Å². The van der Waals surface area contributed by atoms with Crippen LogP contribution >= 0.6 is 0 Å². The normalized spacial score (nSPS) is 28.4. The molecule has 2 aromatic heterocycles. The number of rotatable bonds is 4. The molecule has 2 aromatic rings. The average molecular weight is 377 g/mol. The van der Waals surface area contributed by atoms with Gasteiger partial charge >= 0.3 is 0 Å². The third kappa shape index (κ3) is 3.83.